The van der Waals surface area contributed by atoms with Gasteiger partial charge in [-0.1, -0.05) is 53.5 Å². The summed E-state index contributed by atoms with van der Waals surface area (Å²) < 4.78 is 67.4. The van der Waals surface area contributed by atoms with Gasteiger partial charge in [-0.3, -0.25) is 9.88 Å². The number of halogens is 2. The van der Waals surface area contributed by atoms with Gasteiger partial charge < -0.3 is 33.3 Å². The molecule has 60 heavy (non-hydrogen) atoms. The van der Waals surface area contributed by atoms with E-state index in [1.165, 1.54) is 33.6 Å². The highest BCUT2D eigenvalue weighted by Gasteiger charge is 2.45. The van der Waals surface area contributed by atoms with E-state index in [0.717, 1.165) is 12.8 Å². The highest BCUT2D eigenvalue weighted by atomic mass is 28.3. The van der Waals surface area contributed by atoms with Crippen LogP contribution in [0.5, 0.6) is 11.8 Å². The largest absolute Gasteiger partial charge is 0.468 e. The van der Waals surface area contributed by atoms with Gasteiger partial charge in [-0.15, -0.1) is 5.54 Å². The molecule has 2 saturated heterocycles. The first-order valence-electron chi connectivity index (χ1n) is 20.7. The van der Waals surface area contributed by atoms with E-state index >= 15 is 8.78 Å². The van der Waals surface area contributed by atoms with Crippen molar-refractivity contribution in [1.29, 1.82) is 0 Å². The van der Waals surface area contributed by atoms with Crippen LogP contribution in [-0.2, 0) is 18.9 Å². The van der Waals surface area contributed by atoms with Gasteiger partial charge in [0.15, 0.2) is 18.9 Å². The van der Waals surface area contributed by atoms with Gasteiger partial charge >= 0.3 is 12.1 Å². The van der Waals surface area contributed by atoms with Crippen LogP contribution in [0.15, 0.2) is 30.5 Å². The highest BCUT2D eigenvalue weighted by Crippen LogP contribution is 2.43. The molecular formula is C45H59F2N5O7Si. The van der Waals surface area contributed by atoms with Crippen LogP contribution in [0.3, 0.4) is 0 Å². The highest BCUT2D eigenvalue weighted by molar-refractivity contribution is 6.90. The number of methoxy groups -OCH3 is 3. The number of fused-ring (bicyclic) bond motifs is 4. The third-order valence-electron chi connectivity index (χ3n) is 11.8. The first-order chi connectivity index (χ1) is 28.4. The second-order valence-electron chi connectivity index (χ2n) is 17.6. The van der Waals surface area contributed by atoms with E-state index in [4.69, 9.17) is 38.4 Å². The maximum atomic E-state index is 17.6. The van der Waals surface area contributed by atoms with Crippen molar-refractivity contribution in [3.63, 3.8) is 0 Å². The van der Waals surface area contributed by atoms with Crippen LogP contribution in [-0.4, -0.2) is 106 Å². The summed E-state index contributed by atoms with van der Waals surface area (Å²) in [6, 6.07) is 6.00. The normalized spacial score (nSPS) is 17.0. The Morgan fingerprint density at radius 2 is 1.58 bits per heavy atom. The zero-order valence-electron chi connectivity index (χ0n) is 36.9. The Hall–Kier alpha value is -4.62. The summed E-state index contributed by atoms with van der Waals surface area (Å²) in [6.45, 7) is 19.4. The summed E-state index contributed by atoms with van der Waals surface area (Å²) in [4.78, 5) is 31.3. The summed E-state index contributed by atoms with van der Waals surface area (Å²) in [5, 5.41) is 1.33. The standard InChI is InChI=1S/C45H59F2N5O7Si/c1-26(2)60(27(3)4,28(5)6)18-17-33-36(46)16-13-29-19-32(58-25-54-10)20-34(38(29)33)40-39(47)41-35(21-48-40)42(50-43(49-41)57-24-37(55-11)56-12)51-22-30-14-15-31(23-51)52(30)44(53)59-45(7,8)9/h13,16,19-21,26-28,30-31,37H,14-15,22-25H2,1-12H3. The fourth-order valence-corrected chi connectivity index (χ4v) is 14.3. The fraction of sp³-hybridized carbons (Fsp3) is 0.556. The molecule has 2 unspecified atom stereocenters. The van der Waals surface area contributed by atoms with Crippen LogP contribution in [0.4, 0.5) is 19.4 Å². The molecule has 4 aromatic rings. The van der Waals surface area contributed by atoms with Crippen LogP contribution in [0.2, 0.25) is 16.6 Å². The molecule has 2 aromatic heterocycles. The first-order valence-corrected chi connectivity index (χ1v) is 22.9. The molecule has 2 atom stereocenters. The van der Waals surface area contributed by atoms with E-state index in [9.17, 15) is 4.79 Å². The van der Waals surface area contributed by atoms with Crippen molar-refractivity contribution in [2.24, 2.45) is 0 Å². The minimum atomic E-state index is -2.31. The molecule has 0 N–H and O–H groups in total. The quantitative estimate of drug-likeness (QED) is 0.0728. The number of benzene rings is 2. The van der Waals surface area contributed by atoms with Crippen LogP contribution in [0.1, 0.15) is 80.7 Å². The number of ether oxygens (including phenoxy) is 6. The van der Waals surface area contributed by atoms with Crippen LogP contribution in [0, 0.1) is 23.1 Å². The van der Waals surface area contributed by atoms with E-state index in [2.05, 4.69) is 58.0 Å². The Balaban J connectivity index is 1.55. The molecule has 1 amide bonds. The predicted octanol–water partition coefficient (Wildman–Crippen LogP) is 9.26. The number of rotatable bonds is 13. The summed E-state index contributed by atoms with van der Waals surface area (Å²) in [7, 11) is 2.15. The number of piperazine rings is 1. The molecule has 0 radical (unpaired) electrons. The molecule has 324 valence electrons. The molecule has 6 rings (SSSR count). The van der Waals surface area contributed by atoms with Gasteiger partial charge in [0.05, 0.1) is 23.0 Å². The number of hydrogen-bond donors (Lipinski definition) is 0. The zero-order valence-corrected chi connectivity index (χ0v) is 37.9. The lowest BCUT2D eigenvalue weighted by Gasteiger charge is -2.42. The first kappa shape index (κ1) is 44.9. The molecule has 2 aliphatic heterocycles. The lowest BCUT2D eigenvalue weighted by Crippen LogP contribution is -2.57. The third kappa shape index (κ3) is 8.89. The van der Waals surface area contributed by atoms with Gasteiger partial charge in [-0.2, -0.15) is 9.97 Å². The molecule has 12 nitrogen and oxygen atoms in total. The smallest absolute Gasteiger partial charge is 0.410 e. The van der Waals surface area contributed by atoms with E-state index in [-0.39, 0.29) is 59.9 Å². The average molecular weight is 848 g/mol. The summed E-state index contributed by atoms with van der Waals surface area (Å²) >= 11 is 0. The number of nitrogens with zero attached hydrogens (tertiary/aromatic N) is 5. The van der Waals surface area contributed by atoms with E-state index in [1.54, 1.807) is 18.2 Å². The van der Waals surface area contributed by atoms with Crippen molar-refractivity contribution < 1.29 is 42.0 Å². The lowest BCUT2D eigenvalue weighted by molar-refractivity contribution is -0.123. The molecule has 2 aromatic carbocycles. The van der Waals surface area contributed by atoms with Crippen molar-refractivity contribution in [3.05, 3.63) is 47.7 Å². The van der Waals surface area contributed by atoms with Gasteiger partial charge in [0.2, 0.25) is 0 Å². The SMILES string of the molecule is COCOc1cc(-c2ncc3c(N4CC5CCC(C4)N5C(=O)OC(C)(C)C)nc(OCC(OC)OC)nc3c2F)c2c(C#C[Si](C(C)C)(C(C)C)C(C)C)c(F)ccc2c1. The van der Waals surface area contributed by atoms with Crippen LogP contribution in [0.25, 0.3) is 32.9 Å². The average Bonchev–Trinajstić information content (AvgIpc) is 3.46. The Kier molecular flexibility index (Phi) is 13.6. The molecule has 0 aliphatic carbocycles. The molecule has 2 bridgehead atoms. The molecule has 15 heteroatoms. The topological polar surface area (TPSA) is 118 Å². The minimum absolute atomic E-state index is 0.0560. The van der Waals surface area contributed by atoms with Gasteiger partial charge in [0, 0.05) is 51.6 Å². The second kappa shape index (κ2) is 18.2. The summed E-state index contributed by atoms with van der Waals surface area (Å²) in [5.41, 5.74) is 4.23. The van der Waals surface area contributed by atoms with Crippen molar-refractivity contribution in [2.45, 2.75) is 116 Å². The number of amides is 1. The van der Waals surface area contributed by atoms with E-state index in [1.807, 2.05) is 30.6 Å². The number of carbonyl (C=O) groups excluding carboxylic acids is 1. The maximum Gasteiger partial charge on any atom is 0.410 e. The maximum absolute atomic E-state index is 17.6. The summed E-state index contributed by atoms with van der Waals surface area (Å²) in [5.74, 6) is 2.80. The Morgan fingerprint density at radius 1 is 0.933 bits per heavy atom. The van der Waals surface area contributed by atoms with Crippen molar-refractivity contribution in [1.82, 2.24) is 19.9 Å². The molecule has 0 spiro atoms. The molecule has 0 saturated carbocycles. The van der Waals surface area contributed by atoms with Gasteiger partial charge in [0.1, 0.15) is 48.9 Å². The van der Waals surface area contributed by atoms with Gasteiger partial charge in [0.25, 0.3) is 0 Å². The zero-order chi connectivity index (χ0) is 43.7. The summed E-state index contributed by atoms with van der Waals surface area (Å²) in [6.07, 6.45) is 1.99. The van der Waals surface area contributed by atoms with Gasteiger partial charge in [-0.25, -0.2) is 13.6 Å². The number of aromatic nitrogens is 3. The van der Waals surface area contributed by atoms with Crippen molar-refractivity contribution >= 4 is 41.7 Å². The predicted molar refractivity (Wildman–Crippen MR) is 231 cm³/mol. The Labute approximate surface area is 353 Å². The monoisotopic (exact) mass is 847 g/mol. The Bertz CT molecular complexity index is 2230. The van der Waals surface area contributed by atoms with Crippen molar-refractivity contribution in [3.8, 4) is 34.5 Å². The van der Waals surface area contributed by atoms with E-state index in [0.29, 0.717) is 57.4 Å². The minimum Gasteiger partial charge on any atom is -0.468 e. The van der Waals surface area contributed by atoms with Crippen LogP contribution >= 0.6 is 0 Å². The molecule has 4 heterocycles. The van der Waals surface area contributed by atoms with E-state index < -0.39 is 31.6 Å². The second-order valence-corrected chi connectivity index (χ2v) is 23.2. The molecule has 2 fully saturated rings. The molecular weight excluding hydrogens is 789 g/mol. The Morgan fingerprint density at radius 3 is 2.17 bits per heavy atom. The number of anilines is 1. The number of hydrogen-bond acceptors (Lipinski definition) is 11. The van der Waals surface area contributed by atoms with Crippen molar-refractivity contribution in [2.75, 3.05) is 52.7 Å². The number of carbonyl (C=O) groups is 1. The van der Waals surface area contributed by atoms with Gasteiger partial charge in [-0.05, 0) is 73.8 Å². The molecule has 2 aliphatic rings. The lowest BCUT2D eigenvalue weighted by atomic mass is 9.95. The third-order valence-corrected chi connectivity index (χ3v) is 18.1. The van der Waals surface area contributed by atoms with Crippen LogP contribution < -0.4 is 14.4 Å². The fourth-order valence-electron chi connectivity index (χ4n) is 9.11. The number of pyridine rings is 1.